The lowest BCUT2D eigenvalue weighted by atomic mass is 9.90. The fourth-order valence-corrected chi connectivity index (χ4v) is 6.52. The monoisotopic (exact) mass is 523 g/mol. The molecule has 0 N–H and O–H groups in total. The van der Waals surface area contributed by atoms with Crippen molar-refractivity contribution in [1.29, 1.82) is 0 Å². The first-order chi connectivity index (χ1) is 18.3. The first-order valence-electron chi connectivity index (χ1n) is 13.8. The van der Waals surface area contributed by atoms with E-state index in [4.69, 9.17) is 4.74 Å². The number of alkyl halides is 3. The maximum Gasteiger partial charge on any atom is 0.422 e. The minimum absolute atomic E-state index is 0.0647. The third kappa shape index (κ3) is 5.27. The van der Waals surface area contributed by atoms with Crippen LogP contribution < -0.4 is 4.48 Å². The summed E-state index contributed by atoms with van der Waals surface area (Å²) in [6, 6.07) is 26.1. The van der Waals surface area contributed by atoms with Gasteiger partial charge in [0, 0.05) is 23.7 Å². The summed E-state index contributed by atoms with van der Waals surface area (Å²) in [6.07, 6.45) is -0.748. The number of hydrogen-bond acceptors (Lipinski definition) is 2. The maximum absolute atomic E-state index is 14.7. The Labute approximate surface area is 224 Å². The second-order valence-corrected chi connectivity index (χ2v) is 11.0. The Morgan fingerprint density at radius 2 is 1.37 bits per heavy atom. The van der Waals surface area contributed by atoms with Gasteiger partial charge in [-0.2, -0.15) is 13.2 Å². The molecule has 0 spiro atoms. The lowest BCUT2D eigenvalue weighted by Gasteiger charge is -2.55. The number of benzene rings is 3. The maximum atomic E-state index is 14.7. The first-order valence-corrected chi connectivity index (χ1v) is 13.8. The zero-order valence-electron chi connectivity index (χ0n) is 22.3. The van der Waals surface area contributed by atoms with Crippen LogP contribution in [0.15, 0.2) is 84.9 Å². The average Bonchev–Trinajstić information content (AvgIpc) is 3.43. The lowest BCUT2D eigenvalue weighted by Crippen LogP contribution is -2.70. The van der Waals surface area contributed by atoms with Crippen LogP contribution in [0.5, 0.6) is 0 Å². The SMILES string of the molecule is CC(C)N1CC[N@+](c2ccccc2C(F)(F)F)(C(c2ccccc2)c2ccccc2)C(OC2CCCC2)C1. The van der Waals surface area contributed by atoms with E-state index < -0.39 is 18.0 Å². The first kappa shape index (κ1) is 26.9. The molecule has 3 aromatic rings. The normalized spacial score (nSPS) is 23.4. The molecule has 0 aromatic heterocycles. The molecular formula is C32H38F3N2O+. The number of quaternary nitrogens is 1. The standard InChI is InChI=1S/C32H38F3N2O/c1-24(2)36-21-22-37(30(23-36)38-27-17-9-10-18-27,29-20-12-11-19-28(29)32(33,34)35)31(25-13-5-3-6-14-25)26-15-7-4-8-16-26/h3-8,11-16,19-20,24,27,30-31H,9-10,17-18,21-23H2,1-2H3/q+1/t30?,37-/m1/s1. The Kier molecular flexibility index (Phi) is 7.94. The number of para-hydroxylation sites is 1. The molecule has 1 aliphatic heterocycles. The summed E-state index contributed by atoms with van der Waals surface area (Å²) in [7, 11) is 0. The van der Waals surface area contributed by atoms with Gasteiger partial charge < -0.3 is 4.74 Å². The molecule has 1 heterocycles. The molecule has 38 heavy (non-hydrogen) atoms. The topological polar surface area (TPSA) is 12.5 Å². The van der Waals surface area contributed by atoms with Crippen LogP contribution >= 0.6 is 0 Å². The third-order valence-electron chi connectivity index (χ3n) is 8.39. The van der Waals surface area contributed by atoms with Gasteiger partial charge in [0.05, 0.1) is 19.2 Å². The van der Waals surface area contributed by atoms with Crippen molar-refractivity contribution in [1.82, 2.24) is 9.38 Å². The summed E-state index contributed by atoms with van der Waals surface area (Å²) >= 11 is 0. The summed E-state index contributed by atoms with van der Waals surface area (Å²) in [4.78, 5) is 2.36. The molecule has 6 heteroatoms. The van der Waals surface area contributed by atoms with Crippen LogP contribution in [0.2, 0.25) is 0 Å². The van der Waals surface area contributed by atoms with Crippen molar-refractivity contribution in [3.05, 3.63) is 102 Å². The number of ether oxygens (including phenoxy) is 1. The van der Waals surface area contributed by atoms with Gasteiger partial charge in [0.1, 0.15) is 17.3 Å². The van der Waals surface area contributed by atoms with Crippen LogP contribution in [-0.2, 0) is 10.9 Å². The van der Waals surface area contributed by atoms with E-state index in [1.807, 2.05) is 36.4 Å². The molecule has 1 saturated heterocycles. The Hall–Kier alpha value is -2.67. The van der Waals surface area contributed by atoms with Gasteiger partial charge in [-0.15, -0.1) is 0 Å². The Bertz CT molecular complexity index is 1140. The van der Waals surface area contributed by atoms with Crippen LogP contribution in [0.4, 0.5) is 18.9 Å². The van der Waals surface area contributed by atoms with Crippen molar-refractivity contribution < 1.29 is 17.9 Å². The number of halogens is 3. The Morgan fingerprint density at radius 1 is 0.816 bits per heavy atom. The molecule has 1 unspecified atom stereocenters. The predicted molar refractivity (Wildman–Crippen MR) is 147 cm³/mol. The third-order valence-corrected chi connectivity index (χ3v) is 8.39. The highest BCUT2D eigenvalue weighted by Crippen LogP contribution is 2.49. The molecule has 1 saturated carbocycles. The summed E-state index contributed by atoms with van der Waals surface area (Å²) in [5.74, 6) is 0. The van der Waals surface area contributed by atoms with Crippen molar-refractivity contribution in [3.8, 4) is 0 Å². The van der Waals surface area contributed by atoms with E-state index in [0.29, 0.717) is 25.3 Å². The predicted octanol–water partition coefficient (Wildman–Crippen LogP) is 7.81. The number of rotatable bonds is 7. The van der Waals surface area contributed by atoms with E-state index in [9.17, 15) is 13.2 Å². The lowest BCUT2D eigenvalue weighted by molar-refractivity contribution is -0.152. The van der Waals surface area contributed by atoms with Gasteiger partial charge in [-0.05, 0) is 38.8 Å². The molecule has 3 aromatic carbocycles. The molecule has 0 amide bonds. The van der Waals surface area contributed by atoms with Crippen LogP contribution in [0.25, 0.3) is 0 Å². The summed E-state index contributed by atoms with van der Waals surface area (Å²) in [5.41, 5.74) is 1.71. The smallest absolute Gasteiger partial charge is 0.324 e. The quantitative estimate of drug-likeness (QED) is 0.293. The van der Waals surface area contributed by atoms with Crippen molar-refractivity contribution >= 4 is 5.69 Å². The summed E-state index contributed by atoms with van der Waals surface area (Å²) in [5, 5.41) is 0. The van der Waals surface area contributed by atoms with Gasteiger partial charge in [-0.1, -0.05) is 85.6 Å². The Balaban J connectivity index is 1.79. The van der Waals surface area contributed by atoms with Crippen molar-refractivity contribution in [2.45, 2.75) is 70.1 Å². The van der Waals surface area contributed by atoms with Gasteiger partial charge in [-0.25, -0.2) is 0 Å². The van der Waals surface area contributed by atoms with Crippen molar-refractivity contribution in [2.75, 3.05) is 19.6 Å². The fraction of sp³-hybridized carbons (Fsp3) is 0.438. The van der Waals surface area contributed by atoms with Gasteiger partial charge in [0.2, 0.25) is 6.23 Å². The minimum atomic E-state index is -4.48. The van der Waals surface area contributed by atoms with E-state index in [1.165, 1.54) is 12.1 Å². The molecule has 2 atom stereocenters. The van der Waals surface area contributed by atoms with Crippen molar-refractivity contribution in [2.24, 2.45) is 0 Å². The van der Waals surface area contributed by atoms with E-state index in [-0.39, 0.29) is 22.7 Å². The van der Waals surface area contributed by atoms with E-state index in [1.54, 1.807) is 12.1 Å². The molecule has 0 bridgehead atoms. The fourth-order valence-electron chi connectivity index (χ4n) is 6.52. The van der Waals surface area contributed by atoms with E-state index in [2.05, 4.69) is 43.0 Å². The number of hydrogen-bond donors (Lipinski definition) is 0. The Morgan fingerprint density at radius 3 is 1.92 bits per heavy atom. The summed E-state index contributed by atoms with van der Waals surface area (Å²) < 4.78 is 51.2. The molecule has 1 aliphatic carbocycles. The van der Waals surface area contributed by atoms with Gasteiger partial charge in [-0.3, -0.25) is 9.38 Å². The highest BCUT2D eigenvalue weighted by molar-refractivity contribution is 5.56. The molecule has 202 valence electrons. The zero-order chi connectivity index (χ0) is 26.8. The molecule has 0 radical (unpaired) electrons. The highest BCUT2D eigenvalue weighted by Gasteiger charge is 2.55. The van der Waals surface area contributed by atoms with E-state index >= 15 is 0 Å². The van der Waals surface area contributed by atoms with Crippen LogP contribution in [0, 0.1) is 0 Å². The molecule has 2 aliphatic rings. The van der Waals surface area contributed by atoms with Crippen LogP contribution in [-0.4, -0.2) is 42.9 Å². The second-order valence-electron chi connectivity index (χ2n) is 11.0. The summed E-state index contributed by atoms with van der Waals surface area (Å²) in [6.45, 7) is 6.09. The van der Waals surface area contributed by atoms with E-state index in [0.717, 1.165) is 36.8 Å². The van der Waals surface area contributed by atoms with Crippen LogP contribution in [0.1, 0.15) is 62.3 Å². The zero-order valence-corrected chi connectivity index (χ0v) is 22.3. The molecule has 5 rings (SSSR count). The second kappa shape index (κ2) is 11.2. The van der Waals surface area contributed by atoms with Crippen molar-refractivity contribution in [3.63, 3.8) is 0 Å². The van der Waals surface area contributed by atoms with Gasteiger partial charge in [0.15, 0.2) is 0 Å². The molecule has 2 fully saturated rings. The average molecular weight is 524 g/mol. The molecule has 3 nitrogen and oxygen atoms in total. The number of nitrogens with zero attached hydrogens (tertiary/aromatic N) is 2. The number of piperazine rings is 1. The molecular weight excluding hydrogens is 485 g/mol. The van der Waals surface area contributed by atoms with Gasteiger partial charge in [0.25, 0.3) is 0 Å². The minimum Gasteiger partial charge on any atom is -0.324 e. The largest absolute Gasteiger partial charge is 0.422 e. The van der Waals surface area contributed by atoms with Crippen LogP contribution in [0.3, 0.4) is 0 Å². The highest BCUT2D eigenvalue weighted by atomic mass is 19.4. The van der Waals surface area contributed by atoms with Gasteiger partial charge >= 0.3 is 6.18 Å².